The van der Waals surface area contributed by atoms with Gasteiger partial charge >= 0.3 is 7.82 Å². The van der Waals surface area contributed by atoms with E-state index in [0.29, 0.717) is 11.6 Å². The number of benzene rings is 2. The minimum Gasteiger partial charge on any atom is -0.488 e. The molecule has 1 atom stereocenters. The van der Waals surface area contributed by atoms with Crippen molar-refractivity contribution in [3.8, 4) is 17.2 Å². The van der Waals surface area contributed by atoms with Crippen LogP contribution in [0.3, 0.4) is 0 Å². The van der Waals surface area contributed by atoms with Crippen molar-refractivity contribution in [2.45, 2.75) is 71.1 Å². The van der Waals surface area contributed by atoms with Gasteiger partial charge in [0.15, 0.2) is 11.5 Å². The van der Waals surface area contributed by atoms with Crippen LogP contribution in [0.4, 0.5) is 0 Å². The number of hydrogen-bond acceptors (Lipinski definition) is 4. The van der Waals surface area contributed by atoms with Crippen LogP contribution in [0.2, 0.25) is 5.02 Å². The van der Waals surface area contributed by atoms with E-state index in [9.17, 15) is 9.46 Å². The first kappa shape index (κ1) is 25.6. The number of phosphoric ester groups is 1. The van der Waals surface area contributed by atoms with E-state index in [-0.39, 0.29) is 17.2 Å². The average molecular weight is 469 g/mol. The summed E-state index contributed by atoms with van der Waals surface area (Å²) in [7, 11) is -4.39. The van der Waals surface area contributed by atoms with Crippen LogP contribution in [0.15, 0.2) is 48.5 Å². The Morgan fingerprint density at radius 2 is 1.42 bits per heavy atom. The second kappa shape index (κ2) is 14.4. The maximum Gasteiger partial charge on any atom is 0.585 e. The van der Waals surface area contributed by atoms with Gasteiger partial charge in [-0.3, -0.25) is 4.89 Å². The molecule has 172 valence electrons. The molecule has 0 heterocycles. The number of halogens is 1. The Bertz CT molecular complexity index is 800. The summed E-state index contributed by atoms with van der Waals surface area (Å²) in [6, 6.07) is 13.2. The van der Waals surface area contributed by atoms with Crippen LogP contribution in [0, 0.1) is 0 Å². The molecule has 0 radical (unpaired) electrons. The van der Waals surface area contributed by atoms with Gasteiger partial charge in [-0.15, -0.1) is 0 Å². The van der Waals surface area contributed by atoms with Crippen LogP contribution in [0.25, 0.3) is 0 Å². The zero-order chi connectivity index (χ0) is 22.4. The SMILES string of the molecule is CCCCCCCCCCCCOc1c(Cl)cccc1OP(=O)(O)Oc1ccccc1. The highest BCUT2D eigenvalue weighted by atomic mass is 35.5. The first-order valence-electron chi connectivity index (χ1n) is 11.2. The fourth-order valence-electron chi connectivity index (χ4n) is 3.22. The lowest BCUT2D eigenvalue weighted by atomic mass is 10.1. The largest absolute Gasteiger partial charge is 0.585 e. The van der Waals surface area contributed by atoms with E-state index in [1.54, 1.807) is 42.5 Å². The summed E-state index contributed by atoms with van der Waals surface area (Å²) < 4.78 is 28.5. The molecule has 0 bridgehead atoms. The van der Waals surface area contributed by atoms with E-state index < -0.39 is 7.82 Å². The monoisotopic (exact) mass is 468 g/mol. The van der Waals surface area contributed by atoms with Crippen molar-refractivity contribution >= 4 is 19.4 Å². The second-order valence-electron chi connectivity index (χ2n) is 7.56. The Kier molecular flexibility index (Phi) is 11.9. The smallest absolute Gasteiger partial charge is 0.488 e. The molecule has 2 rings (SSSR count). The van der Waals surface area contributed by atoms with E-state index in [4.69, 9.17) is 25.4 Å². The minimum absolute atomic E-state index is 0.0846. The summed E-state index contributed by atoms with van der Waals surface area (Å²) in [5.74, 6) is 0.579. The summed E-state index contributed by atoms with van der Waals surface area (Å²) in [4.78, 5) is 10.1. The van der Waals surface area contributed by atoms with Crippen molar-refractivity contribution in [2.75, 3.05) is 6.61 Å². The molecule has 2 aromatic carbocycles. The number of ether oxygens (including phenoxy) is 1. The molecule has 31 heavy (non-hydrogen) atoms. The lowest BCUT2D eigenvalue weighted by Crippen LogP contribution is -2.03. The molecule has 5 nitrogen and oxygen atoms in total. The van der Waals surface area contributed by atoms with Gasteiger partial charge in [0, 0.05) is 0 Å². The molecule has 0 aliphatic carbocycles. The lowest BCUT2D eigenvalue weighted by Gasteiger charge is -2.17. The van der Waals surface area contributed by atoms with Crippen LogP contribution in [0.1, 0.15) is 71.1 Å². The van der Waals surface area contributed by atoms with Gasteiger partial charge < -0.3 is 13.8 Å². The zero-order valence-electron chi connectivity index (χ0n) is 18.3. The van der Waals surface area contributed by atoms with Crippen LogP contribution in [-0.4, -0.2) is 11.5 Å². The van der Waals surface area contributed by atoms with Gasteiger partial charge in [0.05, 0.1) is 11.6 Å². The van der Waals surface area contributed by atoms with Gasteiger partial charge in [-0.25, -0.2) is 4.57 Å². The van der Waals surface area contributed by atoms with Gasteiger partial charge in [-0.2, -0.15) is 0 Å². The number of para-hydroxylation sites is 2. The molecular formula is C24H34ClO5P. The summed E-state index contributed by atoms with van der Waals surface area (Å²) in [5.41, 5.74) is 0. The van der Waals surface area contributed by atoms with Crippen LogP contribution < -0.4 is 13.8 Å². The fourth-order valence-corrected chi connectivity index (χ4v) is 4.26. The van der Waals surface area contributed by atoms with Crippen molar-refractivity contribution in [1.82, 2.24) is 0 Å². The maximum absolute atomic E-state index is 12.4. The third-order valence-electron chi connectivity index (χ3n) is 4.85. The number of unbranched alkanes of at least 4 members (excludes halogenated alkanes) is 9. The van der Waals surface area contributed by atoms with Gasteiger partial charge in [-0.05, 0) is 30.7 Å². The number of hydrogen-bond donors (Lipinski definition) is 1. The quantitative estimate of drug-likeness (QED) is 0.198. The average Bonchev–Trinajstić information content (AvgIpc) is 2.74. The van der Waals surface area contributed by atoms with E-state index in [1.807, 2.05) is 0 Å². The molecule has 0 saturated carbocycles. The Labute approximate surface area is 191 Å². The first-order chi connectivity index (χ1) is 15.0. The molecule has 0 amide bonds. The molecule has 7 heteroatoms. The van der Waals surface area contributed by atoms with Crippen molar-refractivity contribution < 1.29 is 23.2 Å². The van der Waals surface area contributed by atoms with E-state index in [2.05, 4.69) is 6.92 Å². The van der Waals surface area contributed by atoms with Crippen molar-refractivity contribution in [3.63, 3.8) is 0 Å². The molecule has 0 aliphatic heterocycles. The molecule has 2 aromatic rings. The third kappa shape index (κ3) is 10.5. The molecule has 0 aliphatic rings. The minimum atomic E-state index is -4.39. The second-order valence-corrected chi connectivity index (χ2v) is 9.27. The maximum atomic E-state index is 12.4. The third-order valence-corrected chi connectivity index (χ3v) is 6.02. The van der Waals surface area contributed by atoms with Crippen molar-refractivity contribution in [2.24, 2.45) is 0 Å². The summed E-state index contributed by atoms with van der Waals surface area (Å²) in [6.07, 6.45) is 12.3. The molecule has 1 unspecified atom stereocenters. The van der Waals surface area contributed by atoms with Crippen LogP contribution in [0.5, 0.6) is 17.2 Å². The lowest BCUT2D eigenvalue weighted by molar-refractivity contribution is 0.268. The van der Waals surface area contributed by atoms with Crippen molar-refractivity contribution in [3.05, 3.63) is 53.6 Å². The normalized spacial score (nSPS) is 12.9. The molecule has 0 fully saturated rings. The van der Waals surface area contributed by atoms with Gasteiger partial charge in [0.2, 0.25) is 0 Å². The number of rotatable bonds is 16. The highest BCUT2D eigenvalue weighted by Gasteiger charge is 2.27. The molecule has 0 spiro atoms. The molecule has 0 aromatic heterocycles. The summed E-state index contributed by atoms with van der Waals surface area (Å²) >= 11 is 6.23. The van der Waals surface area contributed by atoms with Crippen LogP contribution in [-0.2, 0) is 4.57 Å². The van der Waals surface area contributed by atoms with Gasteiger partial charge in [0.1, 0.15) is 5.75 Å². The van der Waals surface area contributed by atoms with Crippen LogP contribution >= 0.6 is 19.4 Å². The highest BCUT2D eigenvalue weighted by Crippen LogP contribution is 2.48. The van der Waals surface area contributed by atoms with Crippen molar-refractivity contribution in [1.29, 1.82) is 0 Å². The fraction of sp³-hybridized carbons (Fsp3) is 0.500. The molecule has 1 N–H and O–H groups in total. The Hall–Kier alpha value is -1.68. The summed E-state index contributed by atoms with van der Waals surface area (Å²) in [6.45, 7) is 2.70. The number of phosphoric acid groups is 1. The topological polar surface area (TPSA) is 65.0 Å². The summed E-state index contributed by atoms with van der Waals surface area (Å²) in [5, 5.41) is 0.323. The highest BCUT2D eigenvalue weighted by molar-refractivity contribution is 7.48. The zero-order valence-corrected chi connectivity index (χ0v) is 20.0. The predicted octanol–water partition coefficient (Wildman–Crippen LogP) is 8.20. The Balaban J connectivity index is 1.75. The van der Waals surface area contributed by atoms with Gasteiger partial charge in [0.25, 0.3) is 0 Å². The van der Waals surface area contributed by atoms with E-state index in [0.717, 1.165) is 12.8 Å². The Morgan fingerprint density at radius 3 is 2.06 bits per heavy atom. The predicted molar refractivity (Wildman–Crippen MR) is 126 cm³/mol. The van der Waals surface area contributed by atoms with E-state index in [1.165, 1.54) is 57.4 Å². The van der Waals surface area contributed by atoms with E-state index >= 15 is 0 Å². The molecular weight excluding hydrogens is 435 g/mol. The standard InChI is InChI=1S/C24H34ClO5P/c1-2-3-4-5-6-7-8-9-10-14-20-28-24-22(25)18-15-19-23(24)30-31(26,27)29-21-16-12-11-13-17-21/h11-13,15-19H,2-10,14,20H2,1H3,(H,26,27). The first-order valence-corrected chi connectivity index (χ1v) is 13.1. The van der Waals surface area contributed by atoms with Gasteiger partial charge in [-0.1, -0.05) is 101 Å². The Morgan fingerprint density at radius 1 is 0.806 bits per heavy atom. The molecule has 0 saturated heterocycles.